The highest BCUT2D eigenvalue weighted by Crippen LogP contribution is 2.16. The van der Waals surface area contributed by atoms with E-state index in [0.29, 0.717) is 5.69 Å². The smallest absolute Gasteiger partial charge is 0.243 e. The number of nitrogens with one attached hydrogen (secondary N) is 1. The molecule has 1 amide bonds. The lowest BCUT2D eigenvalue weighted by molar-refractivity contribution is -0.116. The molecule has 0 aliphatic rings. The van der Waals surface area contributed by atoms with E-state index in [4.69, 9.17) is 0 Å². The molecule has 0 heterocycles. The number of likely N-dealkylation sites (N-methyl/N-ethyl adjacent to an activating group) is 1. The van der Waals surface area contributed by atoms with Crippen molar-refractivity contribution >= 4 is 21.6 Å². The maximum absolute atomic E-state index is 12.6. The normalized spacial score (nSPS) is 11.5. The number of carbonyl (C=O) groups is 1. The Morgan fingerprint density at radius 1 is 1.04 bits per heavy atom. The summed E-state index contributed by atoms with van der Waals surface area (Å²) in [4.78, 5) is 12.5. The first-order valence-corrected chi connectivity index (χ1v) is 9.20. The van der Waals surface area contributed by atoms with E-state index in [1.165, 1.54) is 16.4 Å². The molecule has 0 aliphatic carbocycles. The minimum atomic E-state index is -3.68. The maximum atomic E-state index is 12.6. The highest BCUT2D eigenvalue weighted by molar-refractivity contribution is 7.89. The third-order valence-corrected chi connectivity index (χ3v) is 5.49. The van der Waals surface area contributed by atoms with Crippen molar-refractivity contribution in [2.24, 2.45) is 0 Å². The minimum Gasteiger partial charge on any atom is -0.325 e. The Kier molecular flexibility index (Phi) is 5.75. The van der Waals surface area contributed by atoms with Crippen LogP contribution in [0.25, 0.3) is 0 Å². The molecule has 0 unspecified atom stereocenters. The fourth-order valence-corrected chi connectivity index (χ4v) is 3.94. The monoisotopic (exact) mass is 346 g/mol. The minimum absolute atomic E-state index is 0.186. The molecule has 0 saturated heterocycles. The van der Waals surface area contributed by atoms with Gasteiger partial charge < -0.3 is 5.32 Å². The second-order valence-corrected chi connectivity index (χ2v) is 7.61. The molecule has 0 atom stereocenters. The van der Waals surface area contributed by atoms with E-state index in [2.05, 4.69) is 5.32 Å². The van der Waals surface area contributed by atoms with E-state index in [0.717, 1.165) is 11.1 Å². The topological polar surface area (TPSA) is 66.5 Å². The number of aryl methyl sites for hydroxylation is 2. The molecule has 2 aromatic carbocycles. The summed E-state index contributed by atoms with van der Waals surface area (Å²) < 4.78 is 26.4. The van der Waals surface area contributed by atoms with Gasteiger partial charge in [-0.2, -0.15) is 4.31 Å². The van der Waals surface area contributed by atoms with Gasteiger partial charge in [-0.3, -0.25) is 4.79 Å². The maximum Gasteiger partial charge on any atom is 0.243 e. The molecule has 24 heavy (non-hydrogen) atoms. The van der Waals surface area contributed by atoms with Crippen molar-refractivity contribution in [3.63, 3.8) is 0 Å². The molecule has 0 saturated carbocycles. The van der Waals surface area contributed by atoms with Crippen molar-refractivity contribution < 1.29 is 13.2 Å². The van der Waals surface area contributed by atoms with Crippen LogP contribution in [0, 0.1) is 13.8 Å². The fourth-order valence-electron chi connectivity index (χ4n) is 2.52. The number of hydrogen-bond acceptors (Lipinski definition) is 3. The van der Waals surface area contributed by atoms with Crippen LogP contribution in [0.3, 0.4) is 0 Å². The van der Waals surface area contributed by atoms with Gasteiger partial charge in [0.25, 0.3) is 0 Å². The van der Waals surface area contributed by atoms with Gasteiger partial charge in [-0.15, -0.1) is 0 Å². The number of benzene rings is 2. The van der Waals surface area contributed by atoms with Crippen LogP contribution in [0.15, 0.2) is 53.4 Å². The summed E-state index contributed by atoms with van der Waals surface area (Å²) in [6.07, 6.45) is 0. The summed E-state index contributed by atoms with van der Waals surface area (Å²) in [6, 6.07) is 13.8. The van der Waals surface area contributed by atoms with Crippen LogP contribution in [-0.4, -0.2) is 31.7 Å². The molecule has 1 N–H and O–H groups in total. The molecule has 6 heteroatoms. The van der Waals surface area contributed by atoms with E-state index in [1.807, 2.05) is 32.0 Å². The number of carbonyl (C=O) groups excluding carboxylic acids is 1. The first-order valence-electron chi connectivity index (χ1n) is 7.76. The molecule has 0 aliphatic heterocycles. The second-order valence-electron chi connectivity index (χ2n) is 5.67. The van der Waals surface area contributed by atoms with Gasteiger partial charge >= 0.3 is 0 Å². The summed E-state index contributed by atoms with van der Waals surface area (Å²) in [6.45, 7) is 5.60. The Hall–Kier alpha value is -2.18. The van der Waals surface area contributed by atoms with Gasteiger partial charge in [0.1, 0.15) is 0 Å². The van der Waals surface area contributed by atoms with Crippen LogP contribution in [0.5, 0.6) is 0 Å². The summed E-state index contributed by atoms with van der Waals surface area (Å²) in [5.41, 5.74) is 2.75. The lowest BCUT2D eigenvalue weighted by atomic mass is 10.1. The first-order chi connectivity index (χ1) is 11.3. The molecule has 0 aromatic heterocycles. The predicted octanol–water partition coefficient (Wildman–Crippen LogP) is 2.95. The Labute approximate surface area is 143 Å². The van der Waals surface area contributed by atoms with Crippen LogP contribution in [0.2, 0.25) is 0 Å². The molecule has 2 rings (SSSR count). The standard InChI is InChI=1S/C18H22N2O3S/c1-4-20(24(22,23)17-8-6-5-7-9-17)13-18(21)19-16-11-14(2)10-15(3)12-16/h5-12H,4,13H2,1-3H3,(H,19,21). The zero-order valence-corrected chi connectivity index (χ0v) is 14.9. The molecule has 0 fully saturated rings. The van der Waals surface area contributed by atoms with Crippen molar-refractivity contribution in [1.29, 1.82) is 0 Å². The summed E-state index contributed by atoms with van der Waals surface area (Å²) in [5, 5.41) is 2.77. The Balaban J connectivity index is 2.13. The Bertz CT molecular complexity index is 797. The molecule has 0 spiro atoms. The quantitative estimate of drug-likeness (QED) is 0.874. The Morgan fingerprint density at radius 3 is 2.17 bits per heavy atom. The zero-order chi connectivity index (χ0) is 17.7. The van der Waals surface area contributed by atoms with Crippen molar-refractivity contribution in [3.8, 4) is 0 Å². The summed E-state index contributed by atoms with van der Waals surface area (Å²) in [7, 11) is -3.68. The largest absolute Gasteiger partial charge is 0.325 e. The number of rotatable bonds is 6. The van der Waals surface area contributed by atoms with Crippen LogP contribution < -0.4 is 5.32 Å². The summed E-state index contributed by atoms with van der Waals surface area (Å²) in [5.74, 6) is -0.360. The number of amides is 1. The fraction of sp³-hybridized carbons (Fsp3) is 0.278. The second kappa shape index (κ2) is 7.59. The summed E-state index contributed by atoms with van der Waals surface area (Å²) >= 11 is 0. The van der Waals surface area contributed by atoms with E-state index in [1.54, 1.807) is 25.1 Å². The SMILES string of the molecule is CCN(CC(=O)Nc1cc(C)cc(C)c1)S(=O)(=O)c1ccccc1. The molecule has 5 nitrogen and oxygen atoms in total. The lowest BCUT2D eigenvalue weighted by Crippen LogP contribution is -2.37. The Morgan fingerprint density at radius 2 is 1.62 bits per heavy atom. The van der Waals surface area contributed by atoms with Gasteiger partial charge in [0.05, 0.1) is 11.4 Å². The van der Waals surface area contributed by atoms with Gasteiger partial charge in [0, 0.05) is 12.2 Å². The highest BCUT2D eigenvalue weighted by atomic mass is 32.2. The molecule has 2 aromatic rings. The number of hydrogen-bond donors (Lipinski definition) is 1. The molecular weight excluding hydrogens is 324 g/mol. The van der Waals surface area contributed by atoms with E-state index in [-0.39, 0.29) is 23.9 Å². The van der Waals surface area contributed by atoms with E-state index in [9.17, 15) is 13.2 Å². The number of anilines is 1. The molecule has 0 bridgehead atoms. The van der Waals surface area contributed by atoms with E-state index >= 15 is 0 Å². The number of sulfonamides is 1. The molecular formula is C18H22N2O3S. The van der Waals surface area contributed by atoms with Crippen LogP contribution in [0.1, 0.15) is 18.1 Å². The van der Waals surface area contributed by atoms with Gasteiger partial charge in [0.2, 0.25) is 15.9 Å². The van der Waals surface area contributed by atoms with E-state index < -0.39 is 10.0 Å². The average molecular weight is 346 g/mol. The first kappa shape index (κ1) is 18.2. The van der Waals surface area contributed by atoms with Gasteiger partial charge in [-0.1, -0.05) is 31.2 Å². The molecule has 128 valence electrons. The zero-order valence-electron chi connectivity index (χ0n) is 14.1. The van der Waals surface area contributed by atoms with Gasteiger partial charge in [-0.25, -0.2) is 8.42 Å². The van der Waals surface area contributed by atoms with Crippen LogP contribution in [0.4, 0.5) is 5.69 Å². The van der Waals surface area contributed by atoms with Crippen molar-refractivity contribution in [1.82, 2.24) is 4.31 Å². The van der Waals surface area contributed by atoms with Gasteiger partial charge in [-0.05, 0) is 49.2 Å². The third kappa shape index (κ3) is 4.43. The number of nitrogens with zero attached hydrogens (tertiary/aromatic N) is 1. The predicted molar refractivity (Wildman–Crippen MR) is 95.4 cm³/mol. The third-order valence-electron chi connectivity index (χ3n) is 3.56. The van der Waals surface area contributed by atoms with Gasteiger partial charge in [0.15, 0.2) is 0 Å². The van der Waals surface area contributed by atoms with Crippen molar-refractivity contribution in [2.75, 3.05) is 18.4 Å². The lowest BCUT2D eigenvalue weighted by Gasteiger charge is -2.20. The average Bonchev–Trinajstić information content (AvgIpc) is 2.52. The van der Waals surface area contributed by atoms with Crippen molar-refractivity contribution in [3.05, 3.63) is 59.7 Å². The van der Waals surface area contributed by atoms with Crippen LogP contribution in [-0.2, 0) is 14.8 Å². The molecule has 0 radical (unpaired) electrons. The van der Waals surface area contributed by atoms with Crippen LogP contribution >= 0.6 is 0 Å². The highest BCUT2D eigenvalue weighted by Gasteiger charge is 2.25. The van der Waals surface area contributed by atoms with Crippen molar-refractivity contribution in [2.45, 2.75) is 25.7 Å².